The van der Waals surface area contributed by atoms with E-state index in [0.717, 1.165) is 19.4 Å². The number of nitrogens with one attached hydrogen (secondary N) is 3. The zero-order chi connectivity index (χ0) is 19.8. The summed E-state index contributed by atoms with van der Waals surface area (Å²) < 4.78 is 28.6. The maximum absolute atomic E-state index is 12.2. The minimum atomic E-state index is -3.48. The highest BCUT2D eigenvalue weighted by Crippen LogP contribution is 2.21. The standard InChI is InChI=1S/C18H35N5O2S/c1-7-19-17(22-15(2)8-10-18(3,4)5)20-11-12-21-26(24,25)16-9-13-23(6)14-16/h9,13-15,21H,7-8,10-12H2,1-6H3,(H2,19,20,22). The zero-order valence-corrected chi connectivity index (χ0v) is 17.8. The van der Waals surface area contributed by atoms with Crippen LogP contribution >= 0.6 is 0 Å². The molecule has 0 fully saturated rings. The Hall–Kier alpha value is -1.54. The molecule has 0 aromatic carbocycles. The Balaban J connectivity index is 2.50. The summed E-state index contributed by atoms with van der Waals surface area (Å²) in [4.78, 5) is 4.73. The van der Waals surface area contributed by atoms with Crippen molar-refractivity contribution in [3.05, 3.63) is 18.5 Å². The number of aliphatic imine (C=N–C) groups is 1. The van der Waals surface area contributed by atoms with Crippen molar-refractivity contribution >= 4 is 16.0 Å². The van der Waals surface area contributed by atoms with E-state index in [1.165, 1.54) is 0 Å². The summed E-state index contributed by atoms with van der Waals surface area (Å²) in [6, 6.07) is 1.88. The fraction of sp³-hybridized carbons (Fsp3) is 0.722. The van der Waals surface area contributed by atoms with Gasteiger partial charge in [-0.3, -0.25) is 4.99 Å². The molecule has 1 heterocycles. The largest absolute Gasteiger partial charge is 0.357 e. The van der Waals surface area contributed by atoms with Crippen LogP contribution in [0.4, 0.5) is 0 Å². The second kappa shape index (κ2) is 9.97. The number of aromatic nitrogens is 1. The number of rotatable bonds is 9. The number of nitrogens with zero attached hydrogens (tertiary/aromatic N) is 2. The van der Waals surface area contributed by atoms with Gasteiger partial charge in [-0.05, 0) is 38.2 Å². The van der Waals surface area contributed by atoms with Crippen LogP contribution in [0.15, 0.2) is 28.3 Å². The monoisotopic (exact) mass is 385 g/mol. The van der Waals surface area contributed by atoms with Gasteiger partial charge in [-0.25, -0.2) is 13.1 Å². The van der Waals surface area contributed by atoms with Crippen LogP contribution < -0.4 is 15.4 Å². The van der Waals surface area contributed by atoms with Crippen LogP contribution in [0.3, 0.4) is 0 Å². The van der Waals surface area contributed by atoms with E-state index in [1.54, 1.807) is 30.1 Å². The average molecular weight is 386 g/mol. The van der Waals surface area contributed by atoms with E-state index < -0.39 is 10.0 Å². The molecule has 8 heteroatoms. The molecular weight excluding hydrogens is 350 g/mol. The highest BCUT2D eigenvalue weighted by molar-refractivity contribution is 7.89. The first-order valence-electron chi connectivity index (χ1n) is 9.20. The van der Waals surface area contributed by atoms with Gasteiger partial charge in [0.05, 0.1) is 11.4 Å². The van der Waals surface area contributed by atoms with Gasteiger partial charge in [-0.1, -0.05) is 20.8 Å². The molecular formula is C18H35N5O2S. The summed E-state index contributed by atoms with van der Waals surface area (Å²) >= 11 is 0. The minimum absolute atomic E-state index is 0.254. The Bertz CT molecular complexity index is 674. The molecule has 26 heavy (non-hydrogen) atoms. The van der Waals surface area contributed by atoms with Crippen molar-refractivity contribution in [3.8, 4) is 0 Å². The highest BCUT2D eigenvalue weighted by atomic mass is 32.2. The first kappa shape index (κ1) is 22.5. The maximum Gasteiger partial charge on any atom is 0.242 e. The van der Waals surface area contributed by atoms with Crippen molar-refractivity contribution in [1.29, 1.82) is 0 Å². The van der Waals surface area contributed by atoms with Gasteiger partial charge in [0.15, 0.2) is 5.96 Å². The normalized spacial score (nSPS) is 14.3. The summed E-state index contributed by atoms with van der Waals surface area (Å²) in [7, 11) is -1.69. The predicted molar refractivity (Wildman–Crippen MR) is 108 cm³/mol. The van der Waals surface area contributed by atoms with Crippen molar-refractivity contribution in [2.75, 3.05) is 19.6 Å². The molecule has 0 aliphatic rings. The lowest BCUT2D eigenvalue weighted by Crippen LogP contribution is -2.43. The molecule has 1 unspecified atom stereocenters. The zero-order valence-electron chi connectivity index (χ0n) is 17.0. The first-order valence-corrected chi connectivity index (χ1v) is 10.7. The van der Waals surface area contributed by atoms with Crippen molar-refractivity contribution < 1.29 is 8.42 Å². The van der Waals surface area contributed by atoms with E-state index in [0.29, 0.717) is 24.0 Å². The third-order valence-corrected chi connectivity index (χ3v) is 5.29. The molecule has 0 spiro atoms. The lowest BCUT2D eigenvalue weighted by atomic mass is 9.89. The average Bonchev–Trinajstić information content (AvgIpc) is 2.96. The smallest absolute Gasteiger partial charge is 0.242 e. The highest BCUT2D eigenvalue weighted by Gasteiger charge is 2.15. The molecule has 1 atom stereocenters. The fourth-order valence-electron chi connectivity index (χ4n) is 2.34. The van der Waals surface area contributed by atoms with Crippen molar-refractivity contribution in [3.63, 3.8) is 0 Å². The summed E-state index contributed by atoms with van der Waals surface area (Å²) in [5.41, 5.74) is 0.307. The Labute approximate surface area is 158 Å². The van der Waals surface area contributed by atoms with E-state index in [4.69, 9.17) is 0 Å². The summed E-state index contributed by atoms with van der Waals surface area (Å²) in [6.07, 6.45) is 5.46. The molecule has 150 valence electrons. The van der Waals surface area contributed by atoms with E-state index >= 15 is 0 Å². The van der Waals surface area contributed by atoms with Gasteiger partial charge in [0.2, 0.25) is 10.0 Å². The number of aryl methyl sites for hydroxylation is 1. The van der Waals surface area contributed by atoms with Crippen LogP contribution in [0, 0.1) is 5.41 Å². The van der Waals surface area contributed by atoms with Crippen LogP contribution in [-0.4, -0.2) is 44.6 Å². The molecule has 1 aromatic rings. The summed E-state index contributed by atoms with van der Waals surface area (Å²) in [6.45, 7) is 12.2. The SMILES string of the molecule is CCNC(=NCCNS(=O)(=O)c1ccn(C)c1)NC(C)CCC(C)(C)C. The lowest BCUT2D eigenvalue weighted by Gasteiger charge is -2.23. The summed E-state index contributed by atoms with van der Waals surface area (Å²) in [5.74, 6) is 0.716. The molecule has 0 aliphatic carbocycles. The first-order chi connectivity index (χ1) is 12.0. The molecule has 0 saturated carbocycles. The Morgan fingerprint density at radius 3 is 2.58 bits per heavy atom. The number of sulfonamides is 1. The molecule has 1 aromatic heterocycles. The van der Waals surface area contributed by atoms with Gasteiger partial charge >= 0.3 is 0 Å². The lowest BCUT2D eigenvalue weighted by molar-refractivity contribution is 0.346. The molecule has 0 aliphatic heterocycles. The second-order valence-electron chi connectivity index (χ2n) is 7.82. The number of hydrogen-bond acceptors (Lipinski definition) is 3. The van der Waals surface area contributed by atoms with E-state index in [-0.39, 0.29) is 11.4 Å². The van der Waals surface area contributed by atoms with E-state index in [9.17, 15) is 8.42 Å². The fourth-order valence-corrected chi connectivity index (χ4v) is 3.41. The number of guanidine groups is 1. The molecule has 7 nitrogen and oxygen atoms in total. The third kappa shape index (κ3) is 8.71. The Morgan fingerprint density at radius 1 is 1.35 bits per heavy atom. The van der Waals surface area contributed by atoms with E-state index in [2.05, 4.69) is 48.0 Å². The van der Waals surface area contributed by atoms with Gasteiger partial charge < -0.3 is 15.2 Å². The van der Waals surface area contributed by atoms with Crippen LogP contribution in [-0.2, 0) is 17.1 Å². The topological polar surface area (TPSA) is 87.5 Å². The van der Waals surface area contributed by atoms with Gasteiger partial charge in [0.25, 0.3) is 0 Å². The predicted octanol–water partition coefficient (Wildman–Crippen LogP) is 2.07. The molecule has 1 rings (SSSR count). The Morgan fingerprint density at radius 2 is 2.04 bits per heavy atom. The van der Waals surface area contributed by atoms with Crippen LogP contribution in [0.5, 0.6) is 0 Å². The van der Waals surface area contributed by atoms with Crippen LogP contribution in [0.1, 0.15) is 47.5 Å². The molecule has 0 radical (unpaired) electrons. The van der Waals surface area contributed by atoms with Crippen molar-refractivity contribution in [1.82, 2.24) is 19.9 Å². The third-order valence-electron chi connectivity index (χ3n) is 3.84. The van der Waals surface area contributed by atoms with E-state index in [1.807, 2.05) is 6.92 Å². The van der Waals surface area contributed by atoms with Gasteiger partial charge in [-0.2, -0.15) is 0 Å². The summed E-state index contributed by atoms with van der Waals surface area (Å²) in [5, 5.41) is 6.58. The molecule has 3 N–H and O–H groups in total. The van der Waals surface area contributed by atoms with Gasteiger partial charge in [0, 0.05) is 38.6 Å². The quantitative estimate of drug-likeness (QED) is 0.345. The second-order valence-corrected chi connectivity index (χ2v) is 9.58. The van der Waals surface area contributed by atoms with Gasteiger partial charge in [0.1, 0.15) is 0 Å². The van der Waals surface area contributed by atoms with Crippen LogP contribution in [0.25, 0.3) is 0 Å². The van der Waals surface area contributed by atoms with Crippen LogP contribution in [0.2, 0.25) is 0 Å². The molecule has 0 saturated heterocycles. The maximum atomic E-state index is 12.2. The Kier molecular flexibility index (Phi) is 8.62. The number of hydrogen-bond donors (Lipinski definition) is 3. The minimum Gasteiger partial charge on any atom is -0.357 e. The van der Waals surface area contributed by atoms with Gasteiger partial charge in [-0.15, -0.1) is 0 Å². The molecule has 0 amide bonds. The molecule has 0 bridgehead atoms. The van der Waals surface area contributed by atoms with Crippen molar-refractivity contribution in [2.45, 2.75) is 58.4 Å². The van der Waals surface area contributed by atoms with Crippen molar-refractivity contribution in [2.24, 2.45) is 17.5 Å².